The first-order valence-corrected chi connectivity index (χ1v) is 11.4. The molecule has 5 nitrogen and oxygen atoms in total. The van der Waals surface area contributed by atoms with Gasteiger partial charge in [-0.1, -0.05) is 0 Å². The average Bonchev–Trinajstić information content (AvgIpc) is 2.69. The lowest BCUT2D eigenvalue weighted by Gasteiger charge is -2.27. The Labute approximate surface area is 163 Å². The van der Waals surface area contributed by atoms with Crippen molar-refractivity contribution in [3.05, 3.63) is 53.8 Å². The van der Waals surface area contributed by atoms with Gasteiger partial charge in [-0.15, -0.1) is 11.8 Å². The topological polar surface area (TPSA) is 66.5 Å². The lowest BCUT2D eigenvalue weighted by Crippen LogP contribution is -2.36. The molecule has 144 valence electrons. The Morgan fingerprint density at radius 1 is 1.07 bits per heavy atom. The fourth-order valence-electron chi connectivity index (χ4n) is 3.02. The van der Waals surface area contributed by atoms with Gasteiger partial charge in [0.25, 0.3) is 15.9 Å². The van der Waals surface area contributed by atoms with Gasteiger partial charge in [0, 0.05) is 23.7 Å². The highest BCUT2D eigenvalue weighted by molar-refractivity contribution is 7.98. The minimum absolute atomic E-state index is 0.00462. The summed E-state index contributed by atoms with van der Waals surface area (Å²) in [4.78, 5) is 15.4. The van der Waals surface area contributed by atoms with Crippen molar-refractivity contribution in [3.63, 3.8) is 0 Å². The van der Waals surface area contributed by atoms with Crippen LogP contribution in [0.15, 0.2) is 52.3 Å². The first-order valence-electron chi connectivity index (χ1n) is 8.66. The molecule has 1 saturated heterocycles. The molecular weight excluding hydrogens is 387 g/mol. The van der Waals surface area contributed by atoms with Crippen molar-refractivity contribution in [2.75, 3.05) is 24.1 Å². The van der Waals surface area contributed by atoms with Crippen LogP contribution in [0.3, 0.4) is 0 Å². The molecule has 0 radical (unpaired) electrons. The molecule has 1 aliphatic heterocycles. The van der Waals surface area contributed by atoms with Crippen molar-refractivity contribution in [1.29, 1.82) is 0 Å². The van der Waals surface area contributed by atoms with E-state index in [0.717, 1.165) is 24.2 Å². The Hall–Kier alpha value is -2.06. The van der Waals surface area contributed by atoms with Crippen LogP contribution in [-0.4, -0.2) is 38.6 Å². The molecule has 0 bridgehead atoms. The number of nitrogens with zero attached hydrogens (tertiary/aromatic N) is 1. The number of hydrogen-bond donors (Lipinski definition) is 1. The van der Waals surface area contributed by atoms with Gasteiger partial charge in [0.1, 0.15) is 5.82 Å². The van der Waals surface area contributed by atoms with Gasteiger partial charge in [0.05, 0.1) is 10.5 Å². The van der Waals surface area contributed by atoms with Crippen LogP contribution in [0, 0.1) is 5.82 Å². The van der Waals surface area contributed by atoms with E-state index >= 15 is 0 Å². The van der Waals surface area contributed by atoms with Crippen molar-refractivity contribution in [2.24, 2.45) is 0 Å². The summed E-state index contributed by atoms with van der Waals surface area (Å²) >= 11 is 1.41. The summed E-state index contributed by atoms with van der Waals surface area (Å²) in [6.07, 6.45) is 4.89. The zero-order valence-corrected chi connectivity index (χ0v) is 16.6. The third kappa shape index (κ3) is 4.62. The summed E-state index contributed by atoms with van der Waals surface area (Å²) in [6, 6.07) is 9.62. The number of hydrogen-bond acceptors (Lipinski definition) is 4. The van der Waals surface area contributed by atoms with Crippen LogP contribution in [0.2, 0.25) is 0 Å². The van der Waals surface area contributed by atoms with Crippen LogP contribution in [0.1, 0.15) is 29.6 Å². The Morgan fingerprint density at radius 3 is 2.37 bits per heavy atom. The summed E-state index contributed by atoms with van der Waals surface area (Å²) in [5.41, 5.74) is 0.653. The maximum absolute atomic E-state index is 13.0. The number of carbonyl (C=O) groups excluding carboxylic acids is 1. The minimum Gasteiger partial charge on any atom is -0.339 e. The molecule has 0 unspecified atom stereocenters. The molecule has 2 aromatic rings. The fraction of sp³-hybridized carbons (Fsp3) is 0.316. The summed E-state index contributed by atoms with van der Waals surface area (Å²) in [5.74, 6) is -0.588. The molecule has 3 rings (SSSR count). The largest absolute Gasteiger partial charge is 0.339 e. The number of piperidine rings is 1. The van der Waals surface area contributed by atoms with Gasteiger partial charge in [0.15, 0.2) is 0 Å². The first-order chi connectivity index (χ1) is 12.9. The molecule has 0 aromatic heterocycles. The number of carbonyl (C=O) groups is 1. The van der Waals surface area contributed by atoms with E-state index < -0.39 is 15.8 Å². The normalized spacial score (nSPS) is 14.8. The number of thioether (sulfide) groups is 1. The van der Waals surface area contributed by atoms with Crippen molar-refractivity contribution < 1.29 is 17.6 Å². The Bertz CT molecular complexity index is 924. The molecular formula is C19H21FN2O3S2. The predicted molar refractivity (Wildman–Crippen MR) is 105 cm³/mol. The standard InChI is InChI=1S/C19H21FN2O3S2/c1-26-18-10-9-16(13-17(18)19(23)22-11-3-2-4-12-22)27(24,25)21-15-7-5-14(20)6-8-15/h5-10,13,21H,2-4,11-12H2,1H3. The fourth-order valence-corrected chi connectivity index (χ4v) is 4.68. The number of rotatable bonds is 5. The molecule has 27 heavy (non-hydrogen) atoms. The van der Waals surface area contributed by atoms with Crippen LogP contribution in [-0.2, 0) is 10.0 Å². The first kappa shape index (κ1) is 19.7. The van der Waals surface area contributed by atoms with E-state index in [1.165, 1.54) is 48.2 Å². The number of anilines is 1. The SMILES string of the molecule is CSc1ccc(S(=O)(=O)Nc2ccc(F)cc2)cc1C(=O)N1CCCCC1. The zero-order valence-electron chi connectivity index (χ0n) is 14.9. The monoisotopic (exact) mass is 408 g/mol. The van der Waals surface area contributed by atoms with E-state index in [0.29, 0.717) is 18.7 Å². The molecule has 1 N–H and O–H groups in total. The molecule has 1 amide bonds. The molecule has 2 aromatic carbocycles. The molecule has 8 heteroatoms. The van der Waals surface area contributed by atoms with Crippen LogP contribution in [0.25, 0.3) is 0 Å². The third-order valence-corrected chi connectivity index (χ3v) is 6.63. The number of likely N-dealkylation sites (tertiary alicyclic amines) is 1. The third-order valence-electron chi connectivity index (χ3n) is 4.45. The number of nitrogens with one attached hydrogen (secondary N) is 1. The summed E-state index contributed by atoms with van der Waals surface area (Å²) in [7, 11) is -3.89. The molecule has 1 fully saturated rings. The van der Waals surface area contributed by atoms with Gasteiger partial charge in [-0.3, -0.25) is 9.52 Å². The minimum atomic E-state index is -3.89. The second-order valence-electron chi connectivity index (χ2n) is 6.33. The quantitative estimate of drug-likeness (QED) is 0.760. The van der Waals surface area contributed by atoms with E-state index in [-0.39, 0.29) is 16.5 Å². The van der Waals surface area contributed by atoms with Crippen molar-refractivity contribution in [1.82, 2.24) is 4.90 Å². The van der Waals surface area contributed by atoms with Crippen LogP contribution in [0.4, 0.5) is 10.1 Å². The number of sulfonamides is 1. The van der Waals surface area contributed by atoms with Gasteiger partial charge < -0.3 is 4.90 Å². The summed E-state index contributed by atoms with van der Waals surface area (Å²) in [6.45, 7) is 1.38. The summed E-state index contributed by atoms with van der Waals surface area (Å²) < 4.78 is 40.8. The molecule has 0 aliphatic carbocycles. The van der Waals surface area contributed by atoms with Crippen molar-refractivity contribution in [3.8, 4) is 0 Å². The number of benzene rings is 2. The van der Waals surface area contributed by atoms with E-state index in [1.54, 1.807) is 11.0 Å². The molecule has 0 atom stereocenters. The van der Waals surface area contributed by atoms with Crippen LogP contribution < -0.4 is 4.72 Å². The predicted octanol–water partition coefficient (Wildman–Crippen LogP) is 3.97. The Morgan fingerprint density at radius 2 is 1.74 bits per heavy atom. The van der Waals surface area contributed by atoms with Gasteiger partial charge >= 0.3 is 0 Å². The van der Waals surface area contributed by atoms with E-state index in [2.05, 4.69) is 4.72 Å². The van der Waals surface area contributed by atoms with Crippen molar-refractivity contribution in [2.45, 2.75) is 29.1 Å². The smallest absolute Gasteiger partial charge is 0.261 e. The maximum atomic E-state index is 13.0. The molecule has 0 saturated carbocycles. The summed E-state index contributed by atoms with van der Waals surface area (Å²) in [5, 5.41) is 0. The zero-order chi connectivity index (χ0) is 19.4. The van der Waals surface area contributed by atoms with Gasteiger partial charge in [-0.2, -0.15) is 0 Å². The lowest BCUT2D eigenvalue weighted by atomic mass is 10.1. The molecule has 1 aliphatic rings. The number of amides is 1. The maximum Gasteiger partial charge on any atom is 0.261 e. The van der Waals surface area contributed by atoms with E-state index in [4.69, 9.17) is 0 Å². The average molecular weight is 409 g/mol. The molecule has 1 heterocycles. The highest BCUT2D eigenvalue weighted by Gasteiger charge is 2.23. The van der Waals surface area contributed by atoms with Crippen LogP contribution >= 0.6 is 11.8 Å². The van der Waals surface area contributed by atoms with Gasteiger partial charge in [-0.05, 0) is 68.0 Å². The second-order valence-corrected chi connectivity index (χ2v) is 8.86. The second kappa shape index (κ2) is 8.31. The number of halogens is 1. The van der Waals surface area contributed by atoms with Gasteiger partial charge in [-0.25, -0.2) is 12.8 Å². The van der Waals surface area contributed by atoms with E-state index in [1.807, 2.05) is 6.26 Å². The van der Waals surface area contributed by atoms with E-state index in [9.17, 15) is 17.6 Å². The molecule has 0 spiro atoms. The highest BCUT2D eigenvalue weighted by atomic mass is 32.2. The van der Waals surface area contributed by atoms with Crippen LogP contribution in [0.5, 0.6) is 0 Å². The van der Waals surface area contributed by atoms with Crippen molar-refractivity contribution >= 4 is 33.4 Å². The highest BCUT2D eigenvalue weighted by Crippen LogP contribution is 2.27. The lowest BCUT2D eigenvalue weighted by molar-refractivity contribution is 0.0720. The van der Waals surface area contributed by atoms with Gasteiger partial charge in [0.2, 0.25) is 0 Å². The Kier molecular flexibility index (Phi) is 6.06. The Balaban J connectivity index is 1.91.